The number of nitrogens with zero attached hydrogens (tertiary/aromatic N) is 1. The maximum absolute atomic E-state index is 13.4. The predicted octanol–water partition coefficient (Wildman–Crippen LogP) is 4.05. The van der Waals surface area contributed by atoms with Crippen molar-refractivity contribution in [2.24, 2.45) is 0 Å². The highest BCUT2D eigenvalue weighted by molar-refractivity contribution is 5.91. The molecule has 1 aliphatic heterocycles. The van der Waals surface area contributed by atoms with Crippen LogP contribution in [0, 0.1) is 5.82 Å². The highest BCUT2D eigenvalue weighted by atomic mass is 19.1. The Morgan fingerprint density at radius 2 is 1.75 bits per heavy atom. The Kier molecular flexibility index (Phi) is 6.13. The Morgan fingerprint density at radius 3 is 2.44 bits per heavy atom. The van der Waals surface area contributed by atoms with Gasteiger partial charge in [0.1, 0.15) is 41.8 Å². The molecular weight excluding hydrogens is 417 g/mol. The summed E-state index contributed by atoms with van der Waals surface area (Å²) in [6.45, 7) is -0.142. The molecule has 1 fully saturated rings. The van der Waals surface area contributed by atoms with Gasteiger partial charge in [0.25, 0.3) is 0 Å². The Balaban J connectivity index is 1.61. The second kappa shape index (κ2) is 9.15. The topological polar surface area (TPSA) is 88.5 Å². The van der Waals surface area contributed by atoms with Crippen molar-refractivity contribution in [2.75, 3.05) is 18.6 Å². The number of halogens is 1. The Bertz CT molecular complexity index is 1070. The fourth-order valence-corrected chi connectivity index (χ4v) is 3.63. The van der Waals surface area contributed by atoms with E-state index in [4.69, 9.17) is 14.2 Å². The SMILES string of the molecule is COc1cccc(OCC(O)C2OC(=O)N(c3ccc(F)cc3)C2c2ccc(O)cc2)c1. The number of phenols is 1. The number of carbonyl (C=O) groups excluding carboxylic acids is 1. The van der Waals surface area contributed by atoms with E-state index in [1.807, 2.05) is 0 Å². The molecule has 1 saturated heterocycles. The van der Waals surface area contributed by atoms with Crippen LogP contribution in [-0.2, 0) is 4.74 Å². The number of aliphatic hydroxyl groups is 1. The van der Waals surface area contributed by atoms with Gasteiger partial charge >= 0.3 is 6.09 Å². The zero-order valence-electron chi connectivity index (χ0n) is 17.2. The average molecular weight is 439 g/mol. The van der Waals surface area contributed by atoms with Crippen LogP contribution in [-0.4, -0.2) is 42.2 Å². The zero-order valence-corrected chi connectivity index (χ0v) is 17.2. The van der Waals surface area contributed by atoms with E-state index >= 15 is 0 Å². The van der Waals surface area contributed by atoms with E-state index in [1.54, 1.807) is 36.4 Å². The molecule has 7 nitrogen and oxygen atoms in total. The van der Waals surface area contributed by atoms with Gasteiger partial charge in [0.15, 0.2) is 6.10 Å². The summed E-state index contributed by atoms with van der Waals surface area (Å²) in [5, 5.41) is 20.5. The maximum Gasteiger partial charge on any atom is 0.415 e. The lowest BCUT2D eigenvalue weighted by molar-refractivity contribution is -0.00649. The van der Waals surface area contributed by atoms with Crippen LogP contribution in [0.5, 0.6) is 17.2 Å². The van der Waals surface area contributed by atoms with E-state index in [9.17, 15) is 19.4 Å². The molecule has 1 aliphatic rings. The van der Waals surface area contributed by atoms with E-state index in [-0.39, 0.29) is 12.4 Å². The third-order valence-corrected chi connectivity index (χ3v) is 5.20. The maximum atomic E-state index is 13.4. The summed E-state index contributed by atoms with van der Waals surface area (Å²) in [5.41, 5.74) is 1.04. The van der Waals surface area contributed by atoms with Gasteiger partial charge in [-0.15, -0.1) is 0 Å². The monoisotopic (exact) mass is 439 g/mol. The van der Waals surface area contributed by atoms with Crippen LogP contribution < -0.4 is 14.4 Å². The number of hydrogen-bond donors (Lipinski definition) is 2. The Labute approximate surface area is 184 Å². The van der Waals surface area contributed by atoms with Gasteiger partial charge in [-0.2, -0.15) is 0 Å². The van der Waals surface area contributed by atoms with Gasteiger partial charge in [-0.05, 0) is 54.1 Å². The number of cyclic esters (lactones) is 1. The molecule has 2 N–H and O–H groups in total. The minimum absolute atomic E-state index is 0.0609. The molecule has 0 aliphatic carbocycles. The van der Waals surface area contributed by atoms with E-state index in [0.29, 0.717) is 22.7 Å². The van der Waals surface area contributed by atoms with Gasteiger partial charge in [0, 0.05) is 11.8 Å². The molecule has 32 heavy (non-hydrogen) atoms. The van der Waals surface area contributed by atoms with Crippen molar-refractivity contribution in [3.05, 3.63) is 84.2 Å². The highest BCUT2D eigenvalue weighted by Crippen LogP contribution is 2.39. The molecule has 0 aromatic heterocycles. The summed E-state index contributed by atoms with van der Waals surface area (Å²) in [7, 11) is 1.54. The smallest absolute Gasteiger partial charge is 0.415 e. The molecule has 3 aromatic rings. The van der Waals surface area contributed by atoms with Gasteiger partial charge in [0.05, 0.1) is 7.11 Å². The number of methoxy groups -OCH3 is 1. The first kappa shape index (κ1) is 21.5. The van der Waals surface area contributed by atoms with Crippen molar-refractivity contribution < 1.29 is 33.6 Å². The molecular formula is C24H22FNO6. The molecule has 0 saturated carbocycles. The standard InChI is InChI=1S/C24H22FNO6/c1-30-19-3-2-4-20(13-19)31-14-21(28)23-22(15-5-11-18(27)12-6-15)26(24(29)32-23)17-9-7-16(25)8-10-17/h2-13,21-23,27-28H,14H2,1H3. The fraction of sp³-hybridized carbons (Fsp3) is 0.208. The number of aromatic hydroxyl groups is 1. The van der Waals surface area contributed by atoms with Crippen molar-refractivity contribution >= 4 is 11.8 Å². The number of carbonyl (C=O) groups is 1. The van der Waals surface area contributed by atoms with Gasteiger partial charge in [-0.25, -0.2) is 9.18 Å². The number of hydrogen-bond acceptors (Lipinski definition) is 6. The van der Waals surface area contributed by atoms with Crippen molar-refractivity contribution in [3.8, 4) is 17.2 Å². The second-order valence-electron chi connectivity index (χ2n) is 7.29. The second-order valence-corrected chi connectivity index (χ2v) is 7.29. The molecule has 166 valence electrons. The minimum Gasteiger partial charge on any atom is -0.508 e. The predicted molar refractivity (Wildman–Crippen MR) is 114 cm³/mol. The van der Waals surface area contributed by atoms with Gasteiger partial charge in [-0.1, -0.05) is 18.2 Å². The van der Waals surface area contributed by atoms with Crippen LogP contribution in [0.4, 0.5) is 14.9 Å². The first-order chi connectivity index (χ1) is 15.5. The van der Waals surface area contributed by atoms with Gasteiger partial charge in [-0.3, -0.25) is 4.90 Å². The molecule has 3 unspecified atom stereocenters. The lowest BCUT2D eigenvalue weighted by Gasteiger charge is -2.27. The summed E-state index contributed by atoms with van der Waals surface area (Å²) in [5.74, 6) is 0.717. The third kappa shape index (κ3) is 4.45. The minimum atomic E-state index is -1.17. The molecule has 0 bridgehead atoms. The van der Waals surface area contributed by atoms with Crippen LogP contribution >= 0.6 is 0 Å². The molecule has 1 amide bonds. The number of anilines is 1. The summed E-state index contributed by atoms with van der Waals surface area (Å²) in [4.78, 5) is 14.1. The van der Waals surface area contributed by atoms with E-state index in [0.717, 1.165) is 0 Å². The normalized spacial score (nSPS) is 18.8. The number of phenolic OH excluding ortho intramolecular Hbond substituents is 1. The lowest BCUT2D eigenvalue weighted by atomic mass is 9.96. The van der Waals surface area contributed by atoms with Gasteiger partial charge in [0.2, 0.25) is 0 Å². The third-order valence-electron chi connectivity index (χ3n) is 5.20. The zero-order chi connectivity index (χ0) is 22.7. The van der Waals surface area contributed by atoms with Crippen LogP contribution in [0.25, 0.3) is 0 Å². The Morgan fingerprint density at radius 1 is 1.06 bits per heavy atom. The average Bonchev–Trinajstić information content (AvgIpc) is 3.15. The number of rotatable bonds is 7. The van der Waals surface area contributed by atoms with E-state index < -0.39 is 30.2 Å². The molecule has 3 aromatic carbocycles. The summed E-state index contributed by atoms with van der Waals surface area (Å²) in [6.07, 6.45) is -2.82. The van der Waals surface area contributed by atoms with Gasteiger partial charge < -0.3 is 24.4 Å². The van der Waals surface area contributed by atoms with Crippen LogP contribution in [0.3, 0.4) is 0 Å². The summed E-state index contributed by atoms with van der Waals surface area (Å²) < 4.78 is 29.8. The summed E-state index contributed by atoms with van der Waals surface area (Å²) >= 11 is 0. The molecule has 0 radical (unpaired) electrons. The first-order valence-corrected chi connectivity index (χ1v) is 9.95. The van der Waals surface area contributed by atoms with Crippen molar-refractivity contribution in [1.82, 2.24) is 0 Å². The molecule has 0 spiro atoms. The number of amides is 1. The molecule has 4 rings (SSSR count). The quantitative estimate of drug-likeness (QED) is 0.578. The molecule has 3 atom stereocenters. The van der Waals surface area contributed by atoms with Crippen LogP contribution in [0.1, 0.15) is 11.6 Å². The van der Waals surface area contributed by atoms with Crippen LogP contribution in [0.15, 0.2) is 72.8 Å². The Hall–Kier alpha value is -3.78. The van der Waals surface area contributed by atoms with E-state index in [2.05, 4.69) is 0 Å². The molecule has 8 heteroatoms. The van der Waals surface area contributed by atoms with Crippen molar-refractivity contribution in [3.63, 3.8) is 0 Å². The van der Waals surface area contributed by atoms with Crippen LogP contribution in [0.2, 0.25) is 0 Å². The first-order valence-electron chi connectivity index (χ1n) is 9.95. The number of aliphatic hydroxyl groups excluding tert-OH is 1. The van der Waals surface area contributed by atoms with E-state index in [1.165, 1.54) is 48.4 Å². The fourth-order valence-electron chi connectivity index (χ4n) is 3.63. The summed E-state index contributed by atoms with van der Waals surface area (Å²) in [6, 6.07) is 17.9. The number of benzene rings is 3. The lowest BCUT2D eigenvalue weighted by Crippen LogP contribution is -2.38. The number of ether oxygens (including phenoxy) is 3. The van der Waals surface area contributed by atoms with Crippen molar-refractivity contribution in [1.29, 1.82) is 0 Å². The highest BCUT2D eigenvalue weighted by Gasteiger charge is 2.47. The molecule has 1 heterocycles. The largest absolute Gasteiger partial charge is 0.508 e. The van der Waals surface area contributed by atoms with Crippen molar-refractivity contribution in [2.45, 2.75) is 18.2 Å².